The van der Waals surface area contributed by atoms with Crippen LogP contribution in [0.5, 0.6) is 5.75 Å². The highest BCUT2D eigenvalue weighted by Gasteiger charge is 2.30. The van der Waals surface area contributed by atoms with Gasteiger partial charge in [0.2, 0.25) is 0 Å². The van der Waals surface area contributed by atoms with Gasteiger partial charge in [-0.05, 0) is 24.8 Å². The van der Waals surface area contributed by atoms with Gasteiger partial charge in [0.05, 0.1) is 0 Å². The molecule has 2 aromatic carbocycles. The van der Waals surface area contributed by atoms with Gasteiger partial charge in [-0.25, -0.2) is 0 Å². The van der Waals surface area contributed by atoms with E-state index in [-0.39, 0.29) is 5.60 Å². The fraction of sp³-hybridized carbons (Fsp3) is 0.286. The van der Waals surface area contributed by atoms with E-state index in [1.807, 2.05) is 0 Å². The van der Waals surface area contributed by atoms with Crippen molar-refractivity contribution in [3.05, 3.63) is 42.0 Å². The van der Waals surface area contributed by atoms with Gasteiger partial charge in [-0.3, -0.25) is 0 Å². The van der Waals surface area contributed by atoms with Crippen LogP contribution in [0.2, 0.25) is 0 Å². The van der Waals surface area contributed by atoms with Crippen LogP contribution >= 0.6 is 0 Å². The van der Waals surface area contributed by atoms with E-state index in [9.17, 15) is 0 Å². The molecule has 0 N–H and O–H groups in total. The van der Waals surface area contributed by atoms with E-state index in [0.29, 0.717) is 0 Å². The van der Waals surface area contributed by atoms with Crippen LogP contribution in [0, 0.1) is 0 Å². The molecule has 1 aliphatic rings. The second kappa shape index (κ2) is 2.75. The summed E-state index contributed by atoms with van der Waals surface area (Å²) < 4.78 is 6.01. The smallest absolute Gasteiger partial charge is 0.131 e. The molecular formula is C14H14O. The maximum Gasteiger partial charge on any atom is 0.131 e. The quantitative estimate of drug-likeness (QED) is 0.629. The second-order valence-electron chi connectivity index (χ2n) is 4.81. The van der Waals surface area contributed by atoms with Gasteiger partial charge < -0.3 is 4.74 Å². The van der Waals surface area contributed by atoms with Crippen molar-refractivity contribution in [1.82, 2.24) is 0 Å². The Labute approximate surface area is 89.7 Å². The lowest BCUT2D eigenvalue weighted by molar-refractivity contribution is 0.140. The van der Waals surface area contributed by atoms with E-state index in [1.165, 1.54) is 16.3 Å². The minimum absolute atomic E-state index is 0.0491. The Hall–Kier alpha value is -1.50. The highest BCUT2D eigenvalue weighted by Crippen LogP contribution is 2.40. The molecule has 2 aromatic rings. The summed E-state index contributed by atoms with van der Waals surface area (Å²) in [6.45, 7) is 4.28. The highest BCUT2D eigenvalue weighted by atomic mass is 16.5. The predicted molar refractivity (Wildman–Crippen MR) is 62.4 cm³/mol. The van der Waals surface area contributed by atoms with Crippen LogP contribution in [0.25, 0.3) is 10.8 Å². The van der Waals surface area contributed by atoms with Crippen LogP contribution in [0.15, 0.2) is 36.4 Å². The molecule has 0 bridgehead atoms. The summed E-state index contributed by atoms with van der Waals surface area (Å²) in [4.78, 5) is 0. The Morgan fingerprint density at radius 2 is 1.87 bits per heavy atom. The summed E-state index contributed by atoms with van der Waals surface area (Å²) in [5.74, 6) is 1.08. The average molecular weight is 198 g/mol. The number of fused-ring (bicyclic) bond motifs is 3. The lowest BCUT2D eigenvalue weighted by Gasteiger charge is -2.17. The molecule has 15 heavy (non-hydrogen) atoms. The predicted octanol–water partition coefficient (Wildman–Crippen LogP) is 3.55. The Bertz CT molecular complexity index is 526. The number of hydrogen-bond donors (Lipinski definition) is 0. The summed E-state index contributed by atoms with van der Waals surface area (Å²) in [7, 11) is 0. The molecule has 0 aliphatic carbocycles. The molecule has 0 saturated carbocycles. The van der Waals surface area contributed by atoms with Crippen molar-refractivity contribution in [3.63, 3.8) is 0 Å². The first-order valence-corrected chi connectivity index (χ1v) is 5.35. The molecule has 0 aromatic heterocycles. The Morgan fingerprint density at radius 1 is 1.07 bits per heavy atom. The summed E-state index contributed by atoms with van der Waals surface area (Å²) in [6, 6.07) is 12.8. The summed E-state index contributed by atoms with van der Waals surface area (Å²) in [6.07, 6.45) is 1.01. The van der Waals surface area contributed by atoms with Crippen molar-refractivity contribution in [1.29, 1.82) is 0 Å². The summed E-state index contributed by atoms with van der Waals surface area (Å²) >= 11 is 0. The van der Waals surface area contributed by atoms with Crippen molar-refractivity contribution in [2.24, 2.45) is 0 Å². The van der Waals surface area contributed by atoms with Gasteiger partial charge in [0, 0.05) is 11.8 Å². The fourth-order valence-corrected chi connectivity index (χ4v) is 2.32. The molecule has 0 atom stereocenters. The fourth-order valence-electron chi connectivity index (χ4n) is 2.32. The van der Waals surface area contributed by atoms with E-state index in [4.69, 9.17) is 4.74 Å². The van der Waals surface area contributed by atoms with Crippen LogP contribution in [0.1, 0.15) is 19.4 Å². The standard InChI is InChI=1S/C14H14O/c1-14(2)9-11-8-7-10-5-3-4-6-12(10)13(11)15-14/h3-8H,9H2,1-2H3. The first-order valence-electron chi connectivity index (χ1n) is 5.35. The molecule has 0 spiro atoms. The van der Waals surface area contributed by atoms with Crippen molar-refractivity contribution in [3.8, 4) is 5.75 Å². The Morgan fingerprint density at radius 3 is 2.73 bits per heavy atom. The minimum atomic E-state index is -0.0491. The Kier molecular flexibility index (Phi) is 1.61. The SMILES string of the molecule is CC1(C)Cc2ccc3ccccc3c2O1. The molecule has 3 rings (SSSR count). The second-order valence-corrected chi connectivity index (χ2v) is 4.81. The van der Waals surface area contributed by atoms with Crippen LogP contribution in [0.3, 0.4) is 0 Å². The average Bonchev–Trinajstić information content (AvgIpc) is 2.52. The molecule has 1 heterocycles. The van der Waals surface area contributed by atoms with Crippen LogP contribution < -0.4 is 4.74 Å². The van der Waals surface area contributed by atoms with Crippen molar-refractivity contribution in [2.75, 3.05) is 0 Å². The third-order valence-corrected chi connectivity index (χ3v) is 2.96. The number of benzene rings is 2. The molecule has 0 unspecified atom stereocenters. The summed E-state index contributed by atoms with van der Waals surface area (Å²) in [5, 5.41) is 2.49. The maximum absolute atomic E-state index is 6.01. The third kappa shape index (κ3) is 1.30. The monoisotopic (exact) mass is 198 g/mol. The van der Waals surface area contributed by atoms with Gasteiger partial charge in [-0.1, -0.05) is 36.4 Å². The van der Waals surface area contributed by atoms with E-state index in [1.54, 1.807) is 0 Å². The molecule has 0 saturated heterocycles. The molecular weight excluding hydrogens is 184 g/mol. The first-order chi connectivity index (χ1) is 7.16. The lowest BCUT2D eigenvalue weighted by Crippen LogP contribution is -2.24. The van der Waals surface area contributed by atoms with Crippen LogP contribution in [-0.4, -0.2) is 5.60 Å². The van der Waals surface area contributed by atoms with E-state index in [2.05, 4.69) is 50.2 Å². The molecule has 1 nitrogen and oxygen atoms in total. The lowest BCUT2D eigenvalue weighted by atomic mass is 9.99. The molecule has 0 radical (unpaired) electrons. The van der Waals surface area contributed by atoms with Crippen LogP contribution in [0.4, 0.5) is 0 Å². The van der Waals surface area contributed by atoms with Crippen molar-refractivity contribution in [2.45, 2.75) is 25.9 Å². The zero-order chi connectivity index (χ0) is 10.5. The zero-order valence-electron chi connectivity index (χ0n) is 9.08. The molecule has 0 fully saturated rings. The zero-order valence-corrected chi connectivity index (χ0v) is 9.08. The Balaban J connectivity index is 2.29. The molecule has 1 heteroatoms. The van der Waals surface area contributed by atoms with E-state index < -0.39 is 0 Å². The minimum Gasteiger partial charge on any atom is -0.487 e. The van der Waals surface area contributed by atoms with Crippen molar-refractivity contribution < 1.29 is 4.74 Å². The van der Waals surface area contributed by atoms with E-state index >= 15 is 0 Å². The third-order valence-electron chi connectivity index (χ3n) is 2.96. The molecule has 76 valence electrons. The first kappa shape index (κ1) is 8.78. The molecule has 0 amide bonds. The van der Waals surface area contributed by atoms with Gasteiger partial charge in [0.25, 0.3) is 0 Å². The van der Waals surface area contributed by atoms with Gasteiger partial charge >= 0.3 is 0 Å². The summed E-state index contributed by atoms with van der Waals surface area (Å²) in [5.41, 5.74) is 1.28. The maximum atomic E-state index is 6.01. The topological polar surface area (TPSA) is 9.23 Å². The van der Waals surface area contributed by atoms with Gasteiger partial charge in [-0.15, -0.1) is 0 Å². The van der Waals surface area contributed by atoms with E-state index in [0.717, 1.165) is 12.2 Å². The number of rotatable bonds is 0. The van der Waals surface area contributed by atoms with Gasteiger partial charge in [0.1, 0.15) is 11.4 Å². The van der Waals surface area contributed by atoms with Gasteiger partial charge in [0.15, 0.2) is 0 Å². The van der Waals surface area contributed by atoms with Gasteiger partial charge in [-0.2, -0.15) is 0 Å². The largest absolute Gasteiger partial charge is 0.487 e. The van der Waals surface area contributed by atoms with Crippen molar-refractivity contribution >= 4 is 10.8 Å². The molecule has 1 aliphatic heterocycles. The number of hydrogen-bond acceptors (Lipinski definition) is 1. The number of ether oxygens (including phenoxy) is 1. The normalized spacial score (nSPS) is 17.5. The van der Waals surface area contributed by atoms with Crippen LogP contribution in [-0.2, 0) is 6.42 Å². The highest BCUT2D eigenvalue weighted by molar-refractivity contribution is 5.90.